The van der Waals surface area contributed by atoms with E-state index in [1.165, 1.54) is 24.2 Å². The second kappa shape index (κ2) is 7.68. The molecule has 0 aromatic heterocycles. The Labute approximate surface area is 156 Å². The first-order valence-corrected chi connectivity index (χ1v) is 9.50. The van der Waals surface area contributed by atoms with Gasteiger partial charge in [0, 0.05) is 12.5 Å². The lowest BCUT2D eigenvalue weighted by Gasteiger charge is -2.17. The van der Waals surface area contributed by atoms with Crippen LogP contribution >= 0.6 is 0 Å². The average Bonchev–Trinajstić information content (AvgIpc) is 2.91. The van der Waals surface area contributed by atoms with Gasteiger partial charge in [-0.05, 0) is 42.0 Å². The first-order valence-electron chi connectivity index (χ1n) is 8.06. The summed E-state index contributed by atoms with van der Waals surface area (Å²) in [6.07, 6.45) is 1.50. The van der Waals surface area contributed by atoms with Crippen LogP contribution in [0.4, 0.5) is 0 Å². The molecule has 0 fully saturated rings. The number of carbonyl (C=O) groups is 1. The lowest BCUT2D eigenvalue weighted by molar-refractivity contribution is -0.131. The number of benzene rings is 2. The fraction of sp³-hybridized carbons (Fsp3) is 0.167. The van der Waals surface area contributed by atoms with Gasteiger partial charge in [0.2, 0.25) is 0 Å². The zero-order valence-electron chi connectivity index (χ0n) is 14.4. The van der Waals surface area contributed by atoms with E-state index in [0.29, 0.717) is 16.9 Å². The number of fused-ring (bicyclic) bond motifs is 1. The minimum atomic E-state index is -3.78. The minimum absolute atomic E-state index is 0.0741. The van der Waals surface area contributed by atoms with Crippen LogP contribution in [0, 0.1) is 0 Å². The van der Waals surface area contributed by atoms with Gasteiger partial charge >= 0.3 is 5.97 Å². The van der Waals surface area contributed by atoms with E-state index in [9.17, 15) is 18.3 Å². The molecule has 0 atom stereocenters. The third-order valence-electron chi connectivity index (χ3n) is 3.66. The molecule has 9 heteroatoms. The Hall–Kier alpha value is -3.04. The minimum Gasteiger partial charge on any atom is -0.427 e. The molecule has 0 aliphatic carbocycles. The van der Waals surface area contributed by atoms with E-state index in [4.69, 9.17) is 4.74 Å². The highest BCUT2D eigenvalue weighted by Gasteiger charge is 2.31. The lowest BCUT2D eigenvalue weighted by Crippen LogP contribution is -2.28. The number of hydrogen-bond acceptors (Lipinski definition) is 7. The number of nitrogens with zero attached hydrogens (tertiary/aromatic N) is 3. The van der Waals surface area contributed by atoms with Gasteiger partial charge in [-0.2, -0.15) is 13.5 Å². The van der Waals surface area contributed by atoms with Gasteiger partial charge in [-0.3, -0.25) is 4.79 Å². The van der Waals surface area contributed by atoms with Gasteiger partial charge < -0.3 is 9.84 Å². The van der Waals surface area contributed by atoms with E-state index in [1.54, 1.807) is 42.5 Å². The Morgan fingerprint density at radius 2 is 1.93 bits per heavy atom. The largest absolute Gasteiger partial charge is 0.427 e. The van der Waals surface area contributed by atoms with Crippen LogP contribution in [-0.4, -0.2) is 49.7 Å². The van der Waals surface area contributed by atoms with Gasteiger partial charge in [-0.1, -0.05) is 12.1 Å². The first-order chi connectivity index (χ1) is 12.9. The van der Waals surface area contributed by atoms with Crippen LogP contribution in [0.5, 0.6) is 5.75 Å². The quantitative estimate of drug-likeness (QED) is 0.359. The van der Waals surface area contributed by atoms with Crippen LogP contribution in [0.25, 0.3) is 0 Å². The molecular formula is C18H17N3O5S. The molecule has 0 amide bonds. The molecule has 8 nitrogen and oxygen atoms in total. The smallest absolute Gasteiger partial charge is 0.308 e. The summed E-state index contributed by atoms with van der Waals surface area (Å²) in [7, 11) is -3.78. The number of esters is 1. The topological polar surface area (TPSA) is 109 Å². The van der Waals surface area contributed by atoms with Crippen LogP contribution in [0.3, 0.4) is 0 Å². The molecule has 0 bridgehead atoms. The maximum Gasteiger partial charge on any atom is 0.308 e. The average molecular weight is 387 g/mol. The zero-order valence-corrected chi connectivity index (χ0v) is 15.3. The molecule has 0 spiro atoms. The van der Waals surface area contributed by atoms with E-state index in [1.807, 2.05) is 0 Å². The summed E-state index contributed by atoms with van der Waals surface area (Å²) in [6, 6.07) is 13.1. The third kappa shape index (κ3) is 4.21. The summed E-state index contributed by atoms with van der Waals surface area (Å²) < 4.78 is 33.2. The lowest BCUT2D eigenvalue weighted by atomic mass is 10.2. The Morgan fingerprint density at radius 3 is 2.59 bits per heavy atom. The van der Waals surface area contributed by atoms with Gasteiger partial charge in [0.05, 0.1) is 19.4 Å². The van der Waals surface area contributed by atoms with E-state index in [0.717, 1.165) is 0 Å². The molecule has 2 aromatic carbocycles. The number of aliphatic hydroxyl groups is 1. The van der Waals surface area contributed by atoms with Crippen LogP contribution in [0.1, 0.15) is 18.1 Å². The van der Waals surface area contributed by atoms with E-state index in [-0.39, 0.29) is 23.9 Å². The molecule has 2 aromatic rings. The van der Waals surface area contributed by atoms with Gasteiger partial charge in [0.25, 0.3) is 10.0 Å². The van der Waals surface area contributed by atoms with Gasteiger partial charge in [-0.15, -0.1) is 4.40 Å². The third-order valence-corrected chi connectivity index (χ3v) is 4.98. The molecule has 1 heterocycles. The van der Waals surface area contributed by atoms with Crippen LogP contribution < -0.4 is 4.74 Å². The molecule has 0 radical (unpaired) electrons. The van der Waals surface area contributed by atoms with Crippen LogP contribution in [0.2, 0.25) is 0 Å². The number of ether oxygens (including phenoxy) is 1. The molecule has 3 rings (SSSR count). The van der Waals surface area contributed by atoms with Crippen LogP contribution in [0.15, 0.2) is 62.9 Å². The van der Waals surface area contributed by atoms with Crippen molar-refractivity contribution in [2.24, 2.45) is 9.50 Å². The Bertz CT molecular complexity index is 1010. The summed E-state index contributed by atoms with van der Waals surface area (Å²) in [5, 5.41) is 14.9. The summed E-state index contributed by atoms with van der Waals surface area (Å²) in [5.41, 5.74) is 1.14. The molecule has 1 N–H and O–H groups in total. The number of sulfonamides is 1. The van der Waals surface area contributed by atoms with E-state index >= 15 is 0 Å². The fourth-order valence-corrected chi connectivity index (χ4v) is 3.72. The highest BCUT2D eigenvalue weighted by molar-refractivity contribution is 7.90. The predicted molar refractivity (Wildman–Crippen MR) is 99.3 cm³/mol. The van der Waals surface area contributed by atoms with Gasteiger partial charge in [-0.25, -0.2) is 5.01 Å². The molecule has 140 valence electrons. The van der Waals surface area contributed by atoms with Crippen molar-refractivity contribution in [1.82, 2.24) is 5.01 Å². The van der Waals surface area contributed by atoms with Crippen molar-refractivity contribution in [2.45, 2.75) is 11.8 Å². The maximum atomic E-state index is 12.2. The normalized spacial score (nSPS) is 14.7. The second-order valence-electron chi connectivity index (χ2n) is 5.64. The number of amidine groups is 1. The summed E-state index contributed by atoms with van der Waals surface area (Å²) in [5.74, 6) is 0.157. The fourth-order valence-electron chi connectivity index (χ4n) is 2.51. The van der Waals surface area contributed by atoms with Crippen molar-refractivity contribution in [2.75, 3.05) is 13.2 Å². The first kappa shape index (κ1) is 18.7. The number of carbonyl (C=O) groups excluding carboxylic acids is 1. The number of hydrogen-bond donors (Lipinski definition) is 1. The SMILES string of the molecule is CC(=O)Oc1ccc(/C=N/N(CCO)C2=NS(=O)(=O)c3ccccc32)cc1. The number of rotatable bonds is 5. The van der Waals surface area contributed by atoms with E-state index < -0.39 is 16.0 Å². The molecule has 1 aliphatic heterocycles. The zero-order chi connectivity index (χ0) is 19.4. The number of aliphatic hydroxyl groups excluding tert-OH is 1. The highest BCUT2D eigenvalue weighted by Crippen LogP contribution is 2.27. The molecule has 0 unspecified atom stereocenters. The maximum absolute atomic E-state index is 12.2. The van der Waals surface area contributed by atoms with Gasteiger partial charge in [0.15, 0.2) is 5.84 Å². The Morgan fingerprint density at radius 1 is 1.22 bits per heavy atom. The van der Waals surface area contributed by atoms with Crippen molar-refractivity contribution in [1.29, 1.82) is 0 Å². The van der Waals surface area contributed by atoms with Crippen molar-refractivity contribution < 1.29 is 23.1 Å². The van der Waals surface area contributed by atoms with Crippen molar-refractivity contribution in [3.05, 3.63) is 59.7 Å². The summed E-state index contributed by atoms with van der Waals surface area (Å²) in [4.78, 5) is 11.1. The predicted octanol–water partition coefficient (Wildman–Crippen LogP) is 1.39. The van der Waals surface area contributed by atoms with Crippen molar-refractivity contribution >= 4 is 28.0 Å². The van der Waals surface area contributed by atoms with Crippen molar-refractivity contribution in [3.8, 4) is 5.75 Å². The highest BCUT2D eigenvalue weighted by atomic mass is 32.2. The second-order valence-corrected chi connectivity index (χ2v) is 7.21. The molecule has 0 saturated heterocycles. The molecule has 0 saturated carbocycles. The number of hydrazone groups is 1. The van der Waals surface area contributed by atoms with E-state index in [2.05, 4.69) is 9.50 Å². The van der Waals surface area contributed by atoms with Crippen LogP contribution in [-0.2, 0) is 14.8 Å². The Kier molecular flexibility index (Phi) is 5.33. The monoisotopic (exact) mass is 387 g/mol. The molecular weight excluding hydrogens is 370 g/mol. The summed E-state index contributed by atoms with van der Waals surface area (Å²) in [6.45, 7) is 1.16. The molecule has 1 aliphatic rings. The van der Waals surface area contributed by atoms with Crippen molar-refractivity contribution in [3.63, 3.8) is 0 Å². The Balaban J connectivity index is 1.87. The summed E-state index contributed by atoms with van der Waals surface area (Å²) >= 11 is 0. The molecule has 27 heavy (non-hydrogen) atoms. The van der Waals surface area contributed by atoms with Gasteiger partial charge in [0.1, 0.15) is 10.6 Å². The standard InChI is InChI=1S/C18H17N3O5S/c1-13(23)26-15-8-6-14(7-9-15)12-19-21(10-11-22)18-16-4-2-3-5-17(16)27(24,25)20-18/h2-9,12,22H,10-11H2,1H3/b19-12+.